The Morgan fingerprint density at radius 3 is 1.24 bits per heavy atom. The quantitative estimate of drug-likeness (QED) is 0.450. The molecule has 34 heavy (non-hydrogen) atoms. The number of ether oxygens (including phenoxy) is 2. The molecule has 3 aromatic rings. The summed E-state index contributed by atoms with van der Waals surface area (Å²) >= 11 is 0. The van der Waals surface area contributed by atoms with Crippen LogP contribution >= 0.6 is 0 Å². The van der Waals surface area contributed by atoms with Gasteiger partial charge in [0.25, 0.3) is 11.8 Å². The summed E-state index contributed by atoms with van der Waals surface area (Å²) in [5, 5.41) is 5.02. The van der Waals surface area contributed by atoms with Crippen LogP contribution in [0.5, 0.6) is 0 Å². The number of amides is 2. The summed E-state index contributed by atoms with van der Waals surface area (Å²) in [4.78, 5) is 47.6. The van der Waals surface area contributed by atoms with Gasteiger partial charge >= 0.3 is 11.9 Å². The van der Waals surface area contributed by atoms with Gasteiger partial charge in [-0.05, 0) is 35.4 Å². The molecule has 0 atom stereocenters. The molecule has 0 bridgehead atoms. The fourth-order valence-electron chi connectivity index (χ4n) is 2.85. The summed E-state index contributed by atoms with van der Waals surface area (Å²) in [6, 6.07) is 24.1. The molecule has 3 rings (SSSR count). The van der Waals surface area contributed by atoms with E-state index in [4.69, 9.17) is 9.47 Å². The molecule has 0 unspecified atom stereocenters. The van der Waals surface area contributed by atoms with Crippen LogP contribution in [0.3, 0.4) is 0 Å². The Morgan fingerprint density at radius 2 is 0.882 bits per heavy atom. The predicted octanol–water partition coefficient (Wildman–Crippen LogP) is 2.63. The summed E-state index contributed by atoms with van der Waals surface area (Å²) in [6.45, 7) is -0.373. The van der Waals surface area contributed by atoms with Crippen LogP contribution in [-0.2, 0) is 32.3 Å². The molecule has 8 heteroatoms. The maximum absolute atomic E-state index is 11.9. The van der Waals surface area contributed by atoms with Gasteiger partial charge in [0.05, 0.1) is 0 Å². The molecule has 0 saturated carbocycles. The number of carbonyl (C=O) groups excluding carboxylic acids is 4. The van der Waals surface area contributed by atoms with Crippen LogP contribution in [0, 0.1) is 0 Å². The van der Waals surface area contributed by atoms with Crippen LogP contribution < -0.4 is 10.6 Å². The first-order valence-corrected chi connectivity index (χ1v) is 10.6. The van der Waals surface area contributed by atoms with E-state index in [0.29, 0.717) is 11.1 Å². The Hall–Kier alpha value is -4.46. The number of rotatable bonds is 10. The minimum absolute atomic E-state index is 0.0472. The lowest BCUT2D eigenvalue weighted by molar-refractivity contribution is -0.144. The maximum Gasteiger partial charge on any atom is 0.325 e. The Balaban J connectivity index is 1.33. The van der Waals surface area contributed by atoms with Crippen molar-refractivity contribution < 1.29 is 28.7 Å². The highest BCUT2D eigenvalue weighted by Gasteiger charge is 2.10. The number of benzene rings is 3. The summed E-state index contributed by atoms with van der Waals surface area (Å²) in [7, 11) is 0. The summed E-state index contributed by atoms with van der Waals surface area (Å²) < 4.78 is 10.3. The highest BCUT2D eigenvalue weighted by Crippen LogP contribution is 2.08. The highest BCUT2D eigenvalue weighted by atomic mass is 16.5. The zero-order chi connectivity index (χ0) is 24.2. The molecule has 0 radical (unpaired) electrons. The second kappa shape index (κ2) is 12.5. The number of carbonyl (C=O) groups is 4. The van der Waals surface area contributed by atoms with Gasteiger partial charge in [-0.2, -0.15) is 0 Å². The van der Waals surface area contributed by atoms with Gasteiger partial charge in [0.2, 0.25) is 0 Å². The smallest absolute Gasteiger partial charge is 0.325 e. The van der Waals surface area contributed by atoms with Crippen molar-refractivity contribution in [2.45, 2.75) is 13.2 Å². The largest absolute Gasteiger partial charge is 0.460 e. The first-order valence-electron chi connectivity index (χ1n) is 10.6. The van der Waals surface area contributed by atoms with Crippen LogP contribution in [0.4, 0.5) is 0 Å². The number of esters is 2. The van der Waals surface area contributed by atoms with Gasteiger partial charge < -0.3 is 20.1 Å². The molecule has 0 aliphatic heterocycles. The van der Waals surface area contributed by atoms with Crippen molar-refractivity contribution in [2.24, 2.45) is 0 Å². The molecular weight excluding hydrogens is 436 g/mol. The van der Waals surface area contributed by atoms with Crippen molar-refractivity contribution in [1.82, 2.24) is 10.6 Å². The second-order valence-electron chi connectivity index (χ2n) is 7.24. The van der Waals surface area contributed by atoms with Gasteiger partial charge in [-0.15, -0.1) is 0 Å². The van der Waals surface area contributed by atoms with E-state index in [1.165, 1.54) is 0 Å². The van der Waals surface area contributed by atoms with E-state index in [9.17, 15) is 19.2 Å². The zero-order valence-electron chi connectivity index (χ0n) is 18.4. The van der Waals surface area contributed by atoms with Crippen molar-refractivity contribution in [3.8, 4) is 0 Å². The van der Waals surface area contributed by atoms with E-state index in [1.807, 2.05) is 0 Å². The molecule has 174 valence electrons. The summed E-state index contributed by atoms with van der Waals surface area (Å²) in [5.74, 6) is -1.81. The molecule has 0 aromatic heterocycles. The van der Waals surface area contributed by atoms with Crippen LogP contribution in [0.25, 0.3) is 0 Å². The molecule has 2 N–H and O–H groups in total. The van der Waals surface area contributed by atoms with Gasteiger partial charge in [0.1, 0.15) is 26.3 Å². The zero-order valence-corrected chi connectivity index (χ0v) is 18.4. The standard InChI is InChI=1S/C26H24N2O6/c29-23(15-27-25(31)21-7-3-1-4-8-21)33-17-19-11-13-20(14-12-19)18-34-24(30)16-28-26(32)22-9-5-2-6-10-22/h1-14H,15-18H2,(H,27,31)(H,28,32). The molecule has 0 fully saturated rings. The monoisotopic (exact) mass is 460 g/mol. The minimum Gasteiger partial charge on any atom is -0.460 e. The number of hydrogen-bond donors (Lipinski definition) is 2. The van der Waals surface area contributed by atoms with Gasteiger partial charge in [-0.25, -0.2) is 0 Å². The fourth-order valence-corrected chi connectivity index (χ4v) is 2.85. The van der Waals surface area contributed by atoms with Crippen LogP contribution in [0.1, 0.15) is 31.8 Å². The third-order valence-corrected chi connectivity index (χ3v) is 4.68. The van der Waals surface area contributed by atoms with Crippen molar-refractivity contribution >= 4 is 23.8 Å². The topological polar surface area (TPSA) is 111 Å². The molecule has 3 aromatic carbocycles. The Kier molecular flexibility index (Phi) is 8.92. The third kappa shape index (κ3) is 7.90. The molecule has 0 heterocycles. The predicted molar refractivity (Wildman–Crippen MR) is 124 cm³/mol. The van der Waals surface area contributed by atoms with Crippen molar-refractivity contribution in [3.05, 3.63) is 107 Å². The molecule has 0 aliphatic carbocycles. The second-order valence-corrected chi connectivity index (χ2v) is 7.24. The first kappa shape index (κ1) is 24.2. The van der Waals surface area contributed by atoms with E-state index in [0.717, 1.165) is 11.1 Å². The Labute approximate surface area is 196 Å². The summed E-state index contributed by atoms with van der Waals surface area (Å²) in [5.41, 5.74) is 2.41. The molecule has 2 amide bonds. The highest BCUT2D eigenvalue weighted by molar-refractivity contribution is 5.96. The summed E-state index contributed by atoms with van der Waals surface area (Å²) in [6.07, 6.45) is 0. The van der Waals surface area contributed by atoms with Gasteiger partial charge in [0, 0.05) is 11.1 Å². The first-order chi connectivity index (χ1) is 16.5. The minimum atomic E-state index is -0.556. The fraction of sp³-hybridized carbons (Fsp3) is 0.154. The van der Waals surface area contributed by atoms with Crippen molar-refractivity contribution in [1.29, 1.82) is 0 Å². The molecule has 0 aliphatic rings. The maximum atomic E-state index is 11.9. The van der Waals surface area contributed by atoms with Gasteiger partial charge in [-0.3, -0.25) is 19.2 Å². The third-order valence-electron chi connectivity index (χ3n) is 4.68. The van der Waals surface area contributed by atoms with Crippen molar-refractivity contribution in [2.75, 3.05) is 13.1 Å². The van der Waals surface area contributed by atoms with E-state index >= 15 is 0 Å². The van der Waals surface area contributed by atoms with E-state index in [-0.39, 0.29) is 38.1 Å². The molecule has 0 spiro atoms. The van der Waals surface area contributed by atoms with Crippen molar-refractivity contribution in [3.63, 3.8) is 0 Å². The Morgan fingerprint density at radius 1 is 0.529 bits per heavy atom. The lowest BCUT2D eigenvalue weighted by Crippen LogP contribution is -2.30. The SMILES string of the molecule is O=C(CNC(=O)c1ccccc1)OCc1ccc(COC(=O)CNC(=O)c2ccccc2)cc1. The lowest BCUT2D eigenvalue weighted by atomic mass is 10.1. The van der Waals surface area contributed by atoms with E-state index < -0.39 is 11.9 Å². The van der Waals surface area contributed by atoms with E-state index in [1.54, 1.807) is 84.9 Å². The number of nitrogens with one attached hydrogen (secondary N) is 2. The average molecular weight is 460 g/mol. The number of hydrogen-bond acceptors (Lipinski definition) is 6. The van der Waals surface area contributed by atoms with Crippen LogP contribution in [0.2, 0.25) is 0 Å². The molecule has 0 saturated heterocycles. The van der Waals surface area contributed by atoms with Gasteiger partial charge in [-0.1, -0.05) is 60.7 Å². The van der Waals surface area contributed by atoms with E-state index in [2.05, 4.69) is 10.6 Å². The normalized spacial score (nSPS) is 10.1. The lowest BCUT2D eigenvalue weighted by Gasteiger charge is -2.09. The van der Waals surface area contributed by atoms with Gasteiger partial charge in [0.15, 0.2) is 0 Å². The molecular formula is C26H24N2O6. The van der Waals surface area contributed by atoms with Crippen LogP contribution in [0.15, 0.2) is 84.9 Å². The average Bonchev–Trinajstić information content (AvgIpc) is 2.89. The van der Waals surface area contributed by atoms with Crippen LogP contribution in [-0.4, -0.2) is 36.8 Å². The Bertz CT molecular complexity index is 1020. The molecule has 8 nitrogen and oxygen atoms in total.